The van der Waals surface area contributed by atoms with E-state index in [2.05, 4.69) is 0 Å². The molecular weight excluding hydrogens is 222 g/mol. The highest BCUT2D eigenvalue weighted by Crippen LogP contribution is 2.28. The van der Waals surface area contributed by atoms with Gasteiger partial charge in [-0.15, -0.1) is 0 Å². The second-order valence-electron chi connectivity index (χ2n) is 4.67. The minimum Gasteiger partial charge on any atom is -0.498 e. The van der Waals surface area contributed by atoms with Crippen LogP contribution in [0.15, 0.2) is 0 Å². The molecule has 5 heteroatoms. The van der Waals surface area contributed by atoms with E-state index in [4.69, 9.17) is 0 Å². The number of amides is 2. The third kappa shape index (κ3) is 2.54. The Bertz CT molecular complexity index is 323. The molecule has 0 aromatic carbocycles. The monoisotopic (exact) mass is 241 g/mol. The molecule has 0 aromatic rings. The van der Waals surface area contributed by atoms with E-state index in [-0.39, 0.29) is 25.2 Å². The second-order valence-corrected chi connectivity index (χ2v) is 4.67. The van der Waals surface area contributed by atoms with Gasteiger partial charge >= 0.3 is 5.91 Å². The standard InChI is InChI=1S/C12H19NO4/c1-3-4-5-10-8-11(15)6-7-13(10,9(2)14)12(16)17/h10H,3-8H2,1-2H3. The Hall–Kier alpha value is -1.23. The number of ketones is 1. The Labute approximate surface area is 101 Å². The molecule has 2 unspecified atom stereocenters. The van der Waals surface area contributed by atoms with Crippen LogP contribution in [0.3, 0.4) is 0 Å². The fourth-order valence-electron chi connectivity index (χ4n) is 2.55. The number of hydrogen-bond acceptors (Lipinski definition) is 4. The topological polar surface area (TPSA) is 74.3 Å². The van der Waals surface area contributed by atoms with Gasteiger partial charge in [-0.1, -0.05) is 13.3 Å². The van der Waals surface area contributed by atoms with Gasteiger partial charge < -0.3 is 9.90 Å². The van der Waals surface area contributed by atoms with E-state index in [1.54, 1.807) is 0 Å². The van der Waals surface area contributed by atoms with Gasteiger partial charge in [0.15, 0.2) is 0 Å². The number of likely N-dealkylation sites (tertiary alicyclic amines) is 1. The van der Waals surface area contributed by atoms with Crippen molar-refractivity contribution in [1.29, 1.82) is 0 Å². The van der Waals surface area contributed by atoms with Gasteiger partial charge in [0.05, 0.1) is 26.3 Å². The maximum absolute atomic E-state index is 11.7. The highest BCUT2D eigenvalue weighted by atomic mass is 16.4. The van der Waals surface area contributed by atoms with E-state index in [1.165, 1.54) is 6.92 Å². The van der Waals surface area contributed by atoms with Crippen molar-refractivity contribution < 1.29 is 24.0 Å². The average molecular weight is 241 g/mol. The molecule has 0 radical (unpaired) electrons. The number of quaternary nitrogens is 1. The molecule has 0 saturated carbocycles. The van der Waals surface area contributed by atoms with Crippen molar-refractivity contribution in [3.8, 4) is 0 Å². The maximum Gasteiger partial charge on any atom is 0.316 e. The first-order chi connectivity index (χ1) is 7.95. The molecule has 2 amide bonds. The molecule has 0 aromatic heterocycles. The molecule has 2 atom stereocenters. The van der Waals surface area contributed by atoms with Gasteiger partial charge in [-0.3, -0.25) is 4.79 Å². The number of carbonyl (C=O) groups excluding carboxylic acids is 3. The number of imide groups is 1. The van der Waals surface area contributed by atoms with Crippen LogP contribution in [0, 0.1) is 0 Å². The Morgan fingerprint density at radius 2 is 2.12 bits per heavy atom. The third-order valence-electron chi connectivity index (χ3n) is 3.61. The molecule has 5 nitrogen and oxygen atoms in total. The quantitative estimate of drug-likeness (QED) is 0.679. The Balaban J connectivity index is 3.01. The maximum atomic E-state index is 11.7. The molecule has 0 N–H and O–H groups in total. The number of carboxylic acid groups (broad SMARTS) is 1. The van der Waals surface area contributed by atoms with Gasteiger partial charge in [0, 0.05) is 6.42 Å². The zero-order valence-electron chi connectivity index (χ0n) is 10.4. The number of piperidine rings is 1. The molecule has 0 spiro atoms. The number of nitrogens with zero attached hydrogens (tertiary/aromatic N) is 1. The third-order valence-corrected chi connectivity index (χ3v) is 3.61. The van der Waals surface area contributed by atoms with E-state index in [0.29, 0.717) is 6.42 Å². The van der Waals surface area contributed by atoms with E-state index >= 15 is 0 Å². The molecule has 1 aliphatic rings. The van der Waals surface area contributed by atoms with Gasteiger partial charge in [0.2, 0.25) is 0 Å². The summed E-state index contributed by atoms with van der Waals surface area (Å²) in [5, 5.41) is 11.3. The van der Waals surface area contributed by atoms with Gasteiger partial charge in [-0.25, -0.2) is 9.28 Å². The van der Waals surface area contributed by atoms with Crippen LogP contribution in [-0.2, 0) is 9.59 Å². The van der Waals surface area contributed by atoms with Crippen LogP contribution in [-0.4, -0.2) is 34.9 Å². The average Bonchev–Trinajstić information content (AvgIpc) is 2.25. The minimum absolute atomic E-state index is 0.0438. The number of Topliss-reactive ketones (excluding diaryl/α,β-unsaturated/α-hetero) is 1. The molecule has 0 aliphatic carbocycles. The smallest absolute Gasteiger partial charge is 0.316 e. The van der Waals surface area contributed by atoms with E-state index < -0.39 is 22.5 Å². The number of unbranched alkanes of at least 4 members (excludes halogenated alkanes) is 1. The van der Waals surface area contributed by atoms with Crippen LogP contribution in [0.5, 0.6) is 0 Å². The van der Waals surface area contributed by atoms with Crippen molar-refractivity contribution in [3.05, 3.63) is 0 Å². The van der Waals surface area contributed by atoms with Crippen molar-refractivity contribution in [1.82, 2.24) is 0 Å². The summed E-state index contributed by atoms with van der Waals surface area (Å²) in [6.45, 7) is 3.31. The summed E-state index contributed by atoms with van der Waals surface area (Å²) in [4.78, 5) is 34.4. The lowest BCUT2D eigenvalue weighted by Crippen LogP contribution is -2.69. The first kappa shape index (κ1) is 13.8. The molecule has 0 bridgehead atoms. The van der Waals surface area contributed by atoms with Crippen molar-refractivity contribution >= 4 is 17.8 Å². The summed E-state index contributed by atoms with van der Waals surface area (Å²) in [6, 6.07) is -0.446. The fraction of sp³-hybridized carbons (Fsp3) is 0.750. The van der Waals surface area contributed by atoms with Crippen LogP contribution in [0.1, 0.15) is 46.0 Å². The normalized spacial score (nSPS) is 29.1. The van der Waals surface area contributed by atoms with Crippen LogP contribution in [0.2, 0.25) is 0 Å². The molecular formula is C12H19NO4. The lowest BCUT2D eigenvalue weighted by atomic mass is 9.93. The Kier molecular flexibility index (Phi) is 4.40. The first-order valence-electron chi connectivity index (χ1n) is 6.07. The molecule has 1 saturated heterocycles. The Morgan fingerprint density at radius 3 is 2.59 bits per heavy atom. The molecule has 96 valence electrons. The summed E-state index contributed by atoms with van der Waals surface area (Å²) in [5.41, 5.74) is 0. The summed E-state index contributed by atoms with van der Waals surface area (Å²) >= 11 is 0. The molecule has 1 heterocycles. The van der Waals surface area contributed by atoms with Crippen LogP contribution >= 0.6 is 0 Å². The molecule has 17 heavy (non-hydrogen) atoms. The van der Waals surface area contributed by atoms with Crippen molar-refractivity contribution in [3.63, 3.8) is 0 Å². The van der Waals surface area contributed by atoms with E-state index in [9.17, 15) is 19.5 Å². The highest BCUT2D eigenvalue weighted by Gasteiger charge is 2.47. The van der Waals surface area contributed by atoms with E-state index in [1.807, 2.05) is 6.92 Å². The summed E-state index contributed by atoms with van der Waals surface area (Å²) in [6.07, 6.45) is 1.26. The summed E-state index contributed by atoms with van der Waals surface area (Å²) in [7, 11) is 0. The number of rotatable bonds is 3. The van der Waals surface area contributed by atoms with Gasteiger partial charge in [0.1, 0.15) is 11.8 Å². The van der Waals surface area contributed by atoms with Crippen LogP contribution in [0.4, 0.5) is 4.79 Å². The van der Waals surface area contributed by atoms with Gasteiger partial charge in [0.25, 0.3) is 6.09 Å². The number of hydrogen-bond donors (Lipinski definition) is 0. The first-order valence-corrected chi connectivity index (χ1v) is 6.07. The molecule has 1 aliphatic heterocycles. The number of carbonyl (C=O) groups is 3. The van der Waals surface area contributed by atoms with E-state index in [0.717, 1.165) is 12.8 Å². The highest BCUT2D eigenvalue weighted by molar-refractivity contribution is 5.84. The van der Waals surface area contributed by atoms with Crippen LogP contribution in [0.25, 0.3) is 0 Å². The fourth-order valence-corrected chi connectivity index (χ4v) is 2.55. The molecule has 1 fully saturated rings. The lowest BCUT2D eigenvalue weighted by Gasteiger charge is -2.43. The largest absolute Gasteiger partial charge is 0.498 e. The zero-order valence-corrected chi connectivity index (χ0v) is 10.4. The second kappa shape index (κ2) is 5.40. The predicted octanol–water partition coefficient (Wildman–Crippen LogP) is 0.615. The van der Waals surface area contributed by atoms with Crippen molar-refractivity contribution in [2.75, 3.05) is 6.54 Å². The SMILES string of the molecule is CCCCC1CC(=O)CC[N+]1(C(C)=O)C(=O)[O-]. The predicted molar refractivity (Wildman–Crippen MR) is 58.8 cm³/mol. The summed E-state index contributed by atoms with van der Waals surface area (Å²) < 4.78 is -0.675. The lowest BCUT2D eigenvalue weighted by molar-refractivity contribution is -0.831. The van der Waals surface area contributed by atoms with Crippen LogP contribution < -0.4 is 5.11 Å². The van der Waals surface area contributed by atoms with Crippen molar-refractivity contribution in [2.45, 2.75) is 52.0 Å². The van der Waals surface area contributed by atoms with Gasteiger partial charge in [-0.2, -0.15) is 0 Å². The van der Waals surface area contributed by atoms with Crippen molar-refractivity contribution in [2.24, 2.45) is 0 Å². The van der Waals surface area contributed by atoms with Gasteiger partial charge in [-0.05, 0) is 6.42 Å². The zero-order chi connectivity index (χ0) is 13.1. The summed E-state index contributed by atoms with van der Waals surface area (Å²) in [5.74, 6) is -0.388. The Morgan fingerprint density at radius 1 is 1.47 bits per heavy atom. The minimum atomic E-state index is -1.37. The molecule has 1 rings (SSSR count).